The number of carbonyl (C=O) groups is 1. The lowest BCUT2D eigenvalue weighted by Crippen LogP contribution is -2.49. The molecule has 2 rings (SSSR count). The fourth-order valence-electron chi connectivity index (χ4n) is 2.76. The highest BCUT2D eigenvalue weighted by molar-refractivity contribution is 5.97. The van der Waals surface area contributed by atoms with Crippen LogP contribution in [0.4, 0.5) is 0 Å². The van der Waals surface area contributed by atoms with Crippen molar-refractivity contribution in [2.45, 2.75) is 32.7 Å². The molecule has 0 aliphatic carbocycles. The molecular formula is C16H24N2O2. The highest BCUT2D eigenvalue weighted by Gasteiger charge is 2.29. The van der Waals surface area contributed by atoms with Crippen molar-refractivity contribution in [3.05, 3.63) is 29.8 Å². The van der Waals surface area contributed by atoms with Gasteiger partial charge in [0.05, 0.1) is 12.2 Å². The van der Waals surface area contributed by atoms with Gasteiger partial charge < -0.3 is 15.4 Å². The van der Waals surface area contributed by atoms with Gasteiger partial charge in [0.25, 0.3) is 5.91 Å². The number of nitrogens with two attached hydrogens (primary N) is 1. The SMILES string of the molecule is CCOc1ccccc1C(=O)N1CCC(N)C(CC)C1. The molecule has 0 spiro atoms. The van der Waals surface area contributed by atoms with Crippen LogP contribution in [0.1, 0.15) is 37.0 Å². The Labute approximate surface area is 120 Å². The summed E-state index contributed by atoms with van der Waals surface area (Å²) < 4.78 is 5.55. The van der Waals surface area contributed by atoms with E-state index >= 15 is 0 Å². The van der Waals surface area contributed by atoms with Crippen molar-refractivity contribution in [1.82, 2.24) is 4.90 Å². The molecular weight excluding hydrogens is 252 g/mol. The number of piperidine rings is 1. The van der Waals surface area contributed by atoms with Crippen molar-refractivity contribution in [2.75, 3.05) is 19.7 Å². The van der Waals surface area contributed by atoms with E-state index in [0.717, 1.165) is 25.9 Å². The van der Waals surface area contributed by atoms with E-state index in [-0.39, 0.29) is 11.9 Å². The van der Waals surface area contributed by atoms with Crippen LogP contribution < -0.4 is 10.5 Å². The second kappa shape index (κ2) is 6.75. The molecule has 1 aromatic carbocycles. The van der Waals surface area contributed by atoms with Gasteiger partial charge in [-0.05, 0) is 31.4 Å². The quantitative estimate of drug-likeness (QED) is 0.918. The minimum atomic E-state index is 0.0550. The Morgan fingerprint density at radius 1 is 1.40 bits per heavy atom. The van der Waals surface area contributed by atoms with Crippen LogP contribution in [0.5, 0.6) is 5.75 Å². The van der Waals surface area contributed by atoms with Crippen LogP contribution in [-0.2, 0) is 0 Å². The molecule has 0 aromatic heterocycles. The van der Waals surface area contributed by atoms with Gasteiger partial charge in [-0.25, -0.2) is 0 Å². The average Bonchev–Trinajstić information content (AvgIpc) is 2.48. The molecule has 2 atom stereocenters. The summed E-state index contributed by atoms with van der Waals surface area (Å²) in [4.78, 5) is 14.6. The van der Waals surface area contributed by atoms with E-state index in [1.807, 2.05) is 36.1 Å². The largest absolute Gasteiger partial charge is 0.493 e. The van der Waals surface area contributed by atoms with E-state index < -0.39 is 0 Å². The van der Waals surface area contributed by atoms with Crippen LogP contribution in [0.2, 0.25) is 0 Å². The van der Waals surface area contributed by atoms with Crippen molar-refractivity contribution in [1.29, 1.82) is 0 Å². The number of para-hydroxylation sites is 1. The summed E-state index contributed by atoms with van der Waals surface area (Å²) in [7, 11) is 0. The van der Waals surface area contributed by atoms with Gasteiger partial charge in [0.15, 0.2) is 0 Å². The van der Waals surface area contributed by atoms with E-state index in [1.54, 1.807) is 0 Å². The Morgan fingerprint density at radius 2 is 2.15 bits per heavy atom. The Hall–Kier alpha value is -1.55. The molecule has 1 aliphatic heterocycles. The fraction of sp³-hybridized carbons (Fsp3) is 0.562. The van der Waals surface area contributed by atoms with Gasteiger partial charge in [0, 0.05) is 19.1 Å². The molecule has 1 saturated heterocycles. The van der Waals surface area contributed by atoms with Crippen LogP contribution in [0.25, 0.3) is 0 Å². The van der Waals surface area contributed by atoms with Gasteiger partial charge in [0.1, 0.15) is 5.75 Å². The third-order valence-corrected chi connectivity index (χ3v) is 4.02. The number of ether oxygens (including phenoxy) is 1. The topological polar surface area (TPSA) is 55.6 Å². The van der Waals surface area contributed by atoms with Crippen molar-refractivity contribution in [3.8, 4) is 5.75 Å². The molecule has 1 aliphatic rings. The van der Waals surface area contributed by atoms with Crippen LogP contribution in [0, 0.1) is 5.92 Å². The van der Waals surface area contributed by atoms with Gasteiger partial charge >= 0.3 is 0 Å². The summed E-state index contributed by atoms with van der Waals surface area (Å²) >= 11 is 0. The first-order valence-electron chi connectivity index (χ1n) is 7.44. The maximum atomic E-state index is 12.7. The van der Waals surface area contributed by atoms with Gasteiger partial charge in [-0.3, -0.25) is 4.79 Å². The zero-order valence-corrected chi connectivity index (χ0v) is 12.3. The van der Waals surface area contributed by atoms with Gasteiger partial charge in [0.2, 0.25) is 0 Å². The Kier molecular flexibility index (Phi) is 5.01. The van der Waals surface area contributed by atoms with Crippen LogP contribution in [0.15, 0.2) is 24.3 Å². The molecule has 1 heterocycles. The number of hydrogen-bond donors (Lipinski definition) is 1. The fourth-order valence-corrected chi connectivity index (χ4v) is 2.76. The Balaban J connectivity index is 2.15. The monoisotopic (exact) mass is 276 g/mol. The minimum Gasteiger partial charge on any atom is -0.493 e. The lowest BCUT2D eigenvalue weighted by molar-refractivity contribution is 0.0645. The van der Waals surface area contributed by atoms with Crippen molar-refractivity contribution < 1.29 is 9.53 Å². The lowest BCUT2D eigenvalue weighted by atomic mass is 9.90. The van der Waals surface area contributed by atoms with Gasteiger partial charge in [-0.2, -0.15) is 0 Å². The summed E-state index contributed by atoms with van der Waals surface area (Å²) in [5, 5.41) is 0. The number of carbonyl (C=O) groups excluding carboxylic acids is 1. The number of hydrogen-bond acceptors (Lipinski definition) is 3. The summed E-state index contributed by atoms with van der Waals surface area (Å²) in [5.41, 5.74) is 6.76. The predicted octanol–water partition coefficient (Wildman–Crippen LogP) is 2.28. The first-order chi connectivity index (χ1) is 9.67. The summed E-state index contributed by atoms with van der Waals surface area (Å²) in [6.07, 6.45) is 1.89. The number of nitrogens with zero attached hydrogens (tertiary/aromatic N) is 1. The molecule has 1 amide bonds. The van der Waals surface area contributed by atoms with Gasteiger partial charge in [-0.1, -0.05) is 25.5 Å². The Morgan fingerprint density at radius 3 is 2.85 bits per heavy atom. The number of benzene rings is 1. The highest BCUT2D eigenvalue weighted by Crippen LogP contribution is 2.24. The van der Waals surface area contributed by atoms with Crippen LogP contribution in [0.3, 0.4) is 0 Å². The molecule has 2 N–H and O–H groups in total. The van der Waals surface area contributed by atoms with Crippen molar-refractivity contribution in [3.63, 3.8) is 0 Å². The third kappa shape index (κ3) is 3.12. The van der Waals surface area contributed by atoms with Crippen LogP contribution in [-0.4, -0.2) is 36.5 Å². The normalized spacial score (nSPS) is 22.6. The molecule has 2 unspecified atom stereocenters. The molecule has 1 aromatic rings. The highest BCUT2D eigenvalue weighted by atomic mass is 16.5. The van der Waals surface area contributed by atoms with E-state index in [4.69, 9.17) is 10.5 Å². The van der Waals surface area contributed by atoms with Gasteiger partial charge in [-0.15, -0.1) is 0 Å². The summed E-state index contributed by atoms with van der Waals surface area (Å²) in [5.74, 6) is 1.12. The van der Waals surface area contributed by atoms with E-state index in [0.29, 0.717) is 23.8 Å². The predicted molar refractivity (Wildman–Crippen MR) is 79.9 cm³/mol. The second-order valence-electron chi connectivity index (χ2n) is 5.30. The van der Waals surface area contributed by atoms with E-state index in [9.17, 15) is 4.79 Å². The summed E-state index contributed by atoms with van der Waals surface area (Å²) in [6, 6.07) is 7.67. The maximum Gasteiger partial charge on any atom is 0.257 e. The maximum absolute atomic E-state index is 12.7. The number of amides is 1. The van der Waals surface area contributed by atoms with E-state index in [1.165, 1.54) is 0 Å². The molecule has 0 radical (unpaired) electrons. The van der Waals surface area contributed by atoms with E-state index in [2.05, 4.69) is 6.92 Å². The van der Waals surface area contributed by atoms with Crippen molar-refractivity contribution in [2.24, 2.45) is 11.7 Å². The first-order valence-corrected chi connectivity index (χ1v) is 7.44. The zero-order valence-electron chi connectivity index (χ0n) is 12.3. The van der Waals surface area contributed by atoms with Crippen molar-refractivity contribution >= 4 is 5.91 Å². The Bertz CT molecular complexity index is 462. The zero-order chi connectivity index (χ0) is 14.5. The molecule has 1 fully saturated rings. The molecule has 0 saturated carbocycles. The second-order valence-corrected chi connectivity index (χ2v) is 5.30. The first kappa shape index (κ1) is 14.9. The smallest absolute Gasteiger partial charge is 0.257 e. The third-order valence-electron chi connectivity index (χ3n) is 4.02. The average molecular weight is 276 g/mol. The lowest BCUT2D eigenvalue weighted by Gasteiger charge is -2.36. The number of rotatable bonds is 4. The van der Waals surface area contributed by atoms with Crippen LogP contribution >= 0.6 is 0 Å². The molecule has 110 valence electrons. The molecule has 0 bridgehead atoms. The molecule has 20 heavy (non-hydrogen) atoms. The minimum absolute atomic E-state index is 0.0550. The molecule has 4 heteroatoms. The standard InChI is InChI=1S/C16H24N2O2/c1-3-12-11-18(10-9-14(12)17)16(19)13-7-5-6-8-15(13)20-4-2/h5-8,12,14H,3-4,9-11,17H2,1-2H3. The number of likely N-dealkylation sites (tertiary alicyclic amines) is 1. The molecule has 4 nitrogen and oxygen atoms in total. The summed E-state index contributed by atoms with van der Waals surface area (Å²) in [6.45, 7) is 6.10.